The van der Waals surface area contributed by atoms with Crippen molar-refractivity contribution in [3.05, 3.63) is 95.1 Å². The van der Waals surface area contributed by atoms with Crippen LogP contribution in [-0.2, 0) is 29.2 Å². The lowest BCUT2D eigenvalue weighted by Gasteiger charge is -2.29. The monoisotopic (exact) mass is 669 g/mol. The zero-order chi connectivity index (χ0) is 31.9. The Balaban J connectivity index is 0.00000552. The zero-order valence-electron chi connectivity index (χ0n) is 25.1. The molecule has 0 bridgehead atoms. The van der Waals surface area contributed by atoms with E-state index in [9.17, 15) is 31.5 Å². The summed E-state index contributed by atoms with van der Waals surface area (Å²) in [5.74, 6) is -0.179. The number of hydrogen-bond donors (Lipinski definition) is 3. The molecule has 0 aliphatic carbocycles. The van der Waals surface area contributed by atoms with Gasteiger partial charge in [-0.25, -0.2) is 8.42 Å². The van der Waals surface area contributed by atoms with Crippen molar-refractivity contribution in [2.75, 3.05) is 23.1 Å². The number of halogens is 4. The molecule has 0 radical (unpaired) electrons. The van der Waals surface area contributed by atoms with Crippen LogP contribution in [0.2, 0.25) is 0 Å². The van der Waals surface area contributed by atoms with Crippen molar-refractivity contribution < 1.29 is 36.2 Å². The number of nitrogens with zero attached hydrogens (tertiary/aromatic N) is 1. The van der Waals surface area contributed by atoms with Gasteiger partial charge in [0.1, 0.15) is 5.75 Å². The van der Waals surface area contributed by atoms with Crippen LogP contribution in [0.5, 0.6) is 5.75 Å². The first-order chi connectivity index (χ1) is 20.8. The van der Waals surface area contributed by atoms with E-state index < -0.39 is 39.8 Å². The number of hydrogen-bond acceptors (Lipinski definition) is 6. The maximum atomic E-state index is 13.6. The molecule has 1 heterocycles. The highest BCUT2D eigenvalue weighted by atomic mass is 35.5. The lowest BCUT2D eigenvalue weighted by atomic mass is 10.00. The maximum absolute atomic E-state index is 13.6. The summed E-state index contributed by atoms with van der Waals surface area (Å²) < 4.78 is 72.1. The number of amides is 1. The molecular formula is C32H39ClF3N3O5S. The topological polar surface area (TPSA) is 108 Å². The summed E-state index contributed by atoms with van der Waals surface area (Å²) in [5, 5.41) is 17.0. The summed E-state index contributed by atoms with van der Waals surface area (Å²) >= 11 is 0. The first-order valence-electron chi connectivity index (χ1n) is 14.5. The first-order valence-corrected chi connectivity index (χ1v) is 16.1. The number of aliphatic hydroxyl groups excluding tert-OH is 1. The van der Waals surface area contributed by atoms with Crippen LogP contribution in [0.15, 0.2) is 72.8 Å². The fourth-order valence-electron chi connectivity index (χ4n) is 5.04. The lowest BCUT2D eigenvalue weighted by Crippen LogP contribution is -2.48. The molecule has 0 spiro atoms. The zero-order valence-corrected chi connectivity index (χ0v) is 26.7. The van der Waals surface area contributed by atoms with Crippen molar-refractivity contribution in [2.24, 2.45) is 0 Å². The number of anilines is 1. The Hall–Kier alpha value is -3.32. The number of carbonyl (C=O) groups excluding carboxylic acids is 1. The second-order valence-electron chi connectivity index (χ2n) is 11.1. The number of aliphatic hydroxyl groups is 1. The van der Waals surface area contributed by atoms with Crippen LogP contribution in [0.3, 0.4) is 0 Å². The molecule has 2 atom stereocenters. The second-order valence-corrected chi connectivity index (χ2v) is 13.2. The van der Waals surface area contributed by atoms with Gasteiger partial charge in [0, 0.05) is 31.3 Å². The average Bonchev–Trinajstić information content (AvgIpc) is 2.96. The molecule has 0 aromatic heterocycles. The van der Waals surface area contributed by atoms with E-state index >= 15 is 0 Å². The molecule has 3 aromatic rings. The standard InChI is InChI=1S/C32H38F3N3O5S.ClH/c1-22(2)43-28-18-25(17-27(19-28)38-13-6-7-14-44(38,41)42)31(40)37-29(16-23-9-4-3-5-10-23)30(39)21-36-20-24-11-8-12-26(15-24)32(33,34)35;/h3-5,8-12,15,17-19,22,29-30,36,39H,6-7,13-14,16,20-21H2,1-2H3,(H,37,40);1H/t29-,30+;/m0./s1. The Morgan fingerprint density at radius 2 is 1.71 bits per heavy atom. The van der Waals surface area contributed by atoms with Gasteiger partial charge in [-0.2, -0.15) is 13.2 Å². The predicted octanol–water partition coefficient (Wildman–Crippen LogP) is 5.34. The number of rotatable bonds is 12. The van der Waals surface area contributed by atoms with Crippen LogP contribution >= 0.6 is 12.4 Å². The van der Waals surface area contributed by atoms with Crippen molar-refractivity contribution in [1.29, 1.82) is 0 Å². The molecule has 3 N–H and O–H groups in total. The average molecular weight is 670 g/mol. The normalized spacial score (nSPS) is 16.0. The van der Waals surface area contributed by atoms with Crippen LogP contribution in [0.25, 0.3) is 0 Å². The van der Waals surface area contributed by atoms with Gasteiger partial charge in [0.2, 0.25) is 10.0 Å². The Labute approximate surface area is 268 Å². The van der Waals surface area contributed by atoms with Crippen molar-refractivity contribution in [3.8, 4) is 5.75 Å². The Morgan fingerprint density at radius 1 is 1.00 bits per heavy atom. The number of carbonyl (C=O) groups is 1. The lowest BCUT2D eigenvalue weighted by molar-refractivity contribution is -0.137. The summed E-state index contributed by atoms with van der Waals surface area (Å²) in [7, 11) is -3.55. The molecule has 1 amide bonds. The molecule has 1 aliphatic heterocycles. The van der Waals surface area contributed by atoms with Crippen molar-refractivity contribution >= 4 is 34.0 Å². The van der Waals surface area contributed by atoms with Crippen molar-refractivity contribution in [3.63, 3.8) is 0 Å². The Morgan fingerprint density at radius 3 is 2.38 bits per heavy atom. The third-order valence-electron chi connectivity index (χ3n) is 7.18. The summed E-state index contributed by atoms with van der Waals surface area (Å²) in [5.41, 5.74) is 0.994. The second kappa shape index (κ2) is 15.8. The highest BCUT2D eigenvalue weighted by molar-refractivity contribution is 7.92. The van der Waals surface area contributed by atoms with Gasteiger partial charge in [0.25, 0.3) is 5.91 Å². The molecule has 8 nitrogen and oxygen atoms in total. The molecule has 246 valence electrons. The summed E-state index contributed by atoms with van der Waals surface area (Å²) in [6, 6.07) is 18.0. The first kappa shape index (κ1) is 36.2. The molecule has 1 fully saturated rings. The van der Waals surface area contributed by atoms with Gasteiger partial charge in [-0.15, -0.1) is 12.4 Å². The molecule has 0 unspecified atom stereocenters. The minimum atomic E-state index is -4.46. The summed E-state index contributed by atoms with van der Waals surface area (Å²) in [4.78, 5) is 13.6. The number of ether oxygens (including phenoxy) is 1. The quantitative estimate of drug-likeness (QED) is 0.241. The van der Waals surface area contributed by atoms with Gasteiger partial charge < -0.3 is 20.5 Å². The van der Waals surface area contributed by atoms with E-state index in [1.807, 2.05) is 44.2 Å². The molecule has 4 rings (SSSR count). The minimum Gasteiger partial charge on any atom is -0.491 e. The van der Waals surface area contributed by atoms with Crippen LogP contribution in [0.1, 0.15) is 53.7 Å². The summed E-state index contributed by atoms with van der Waals surface area (Å²) in [6.07, 6.45) is -4.27. The molecule has 1 aliphatic rings. The highest BCUT2D eigenvalue weighted by Gasteiger charge is 2.31. The molecule has 3 aromatic carbocycles. The van der Waals surface area contributed by atoms with Crippen LogP contribution in [0.4, 0.5) is 18.9 Å². The van der Waals surface area contributed by atoms with E-state index in [4.69, 9.17) is 4.74 Å². The van der Waals surface area contributed by atoms with Crippen LogP contribution < -0.4 is 19.7 Å². The van der Waals surface area contributed by atoms with Crippen molar-refractivity contribution in [1.82, 2.24) is 10.6 Å². The predicted molar refractivity (Wildman–Crippen MR) is 170 cm³/mol. The van der Waals surface area contributed by atoms with Crippen molar-refractivity contribution in [2.45, 2.75) is 64.1 Å². The smallest absolute Gasteiger partial charge is 0.416 e. The highest BCUT2D eigenvalue weighted by Crippen LogP contribution is 2.31. The Bertz CT molecular complexity index is 1520. The number of nitrogens with one attached hydrogen (secondary N) is 2. The number of sulfonamides is 1. The summed E-state index contributed by atoms with van der Waals surface area (Å²) in [6.45, 7) is 4.00. The van der Waals surface area contributed by atoms with Gasteiger partial charge in [-0.3, -0.25) is 9.10 Å². The fraction of sp³-hybridized carbons (Fsp3) is 0.406. The number of alkyl halides is 3. The van der Waals surface area contributed by atoms with Gasteiger partial charge in [-0.1, -0.05) is 48.5 Å². The van der Waals surface area contributed by atoms with E-state index in [1.165, 1.54) is 22.5 Å². The largest absolute Gasteiger partial charge is 0.491 e. The van der Waals surface area contributed by atoms with Crippen LogP contribution in [0, 0.1) is 0 Å². The molecule has 1 saturated heterocycles. The van der Waals surface area contributed by atoms with E-state index in [-0.39, 0.29) is 49.3 Å². The van der Waals surface area contributed by atoms with Gasteiger partial charge in [0.05, 0.1) is 35.3 Å². The maximum Gasteiger partial charge on any atom is 0.416 e. The minimum absolute atomic E-state index is 0. The molecule has 13 heteroatoms. The molecule has 0 saturated carbocycles. The SMILES string of the molecule is CC(C)Oc1cc(C(=O)N[C@@H](Cc2ccccc2)[C@H](O)CNCc2cccc(C(F)(F)F)c2)cc(N2CCCCS2(=O)=O)c1.Cl. The molecular weight excluding hydrogens is 631 g/mol. The fourth-order valence-corrected chi connectivity index (χ4v) is 6.67. The third-order valence-corrected chi connectivity index (χ3v) is 9.05. The van der Waals surface area contributed by atoms with E-state index in [0.717, 1.165) is 17.7 Å². The van der Waals surface area contributed by atoms with E-state index in [1.54, 1.807) is 12.1 Å². The molecule has 45 heavy (non-hydrogen) atoms. The van der Waals surface area contributed by atoms with Gasteiger partial charge in [0.15, 0.2) is 0 Å². The van der Waals surface area contributed by atoms with E-state index in [0.29, 0.717) is 36.4 Å². The van der Waals surface area contributed by atoms with E-state index in [2.05, 4.69) is 10.6 Å². The number of benzene rings is 3. The third kappa shape index (κ3) is 10.4. The Kier molecular flexibility index (Phi) is 12.7. The van der Waals surface area contributed by atoms with Crippen LogP contribution in [-0.4, -0.2) is 56.5 Å². The van der Waals surface area contributed by atoms with Gasteiger partial charge >= 0.3 is 6.18 Å². The van der Waals surface area contributed by atoms with Gasteiger partial charge in [-0.05, 0) is 62.4 Å².